The molecule has 0 aromatic carbocycles. The highest BCUT2D eigenvalue weighted by atomic mass is 16.6. The maximum Gasteiger partial charge on any atom is 0.303 e. The molecule has 0 saturated heterocycles. The average molecular weight is 411 g/mol. The van der Waals surface area contributed by atoms with E-state index in [0.29, 0.717) is 12.8 Å². The summed E-state index contributed by atoms with van der Waals surface area (Å²) < 4.78 is 0. The number of aliphatic carboxylic acids is 1. The van der Waals surface area contributed by atoms with Crippen molar-refractivity contribution in [3.05, 3.63) is 24.3 Å². The molecule has 0 aromatic rings. The smallest absolute Gasteiger partial charge is 0.303 e. The van der Waals surface area contributed by atoms with E-state index in [4.69, 9.17) is 14.8 Å². The first-order valence-electron chi connectivity index (χ1n) is 10.3. The fraction of sp³-hybridized carbons (Fsp3) is 0.682. The molecule has 0 saturated carbocycles. The van der Waals surface area contributed by atoms with Crippen LogP contribution < -0.4 is 0 Å². The van der Waals surface area contributed by atoms with Gasteiger partial charge in [-0.15, -0.1) is 0 Å². The number of carboxylic acids is 1. The van der Waals surface area contributed by atoms with Gasteiger partial charge < -0.3 is 19.9 Å². The summed E-state index contributed by atoms with van der Waals surface area (Å²) in [6.45, 7) is 4.09. The van der Waals surface area contributed by atoms with E-state index in [-0.39, 0.29) is 18.3 Å². The van der Waals surface area contributed by atoms with Gasteiger partial charge in [0.15, 0.2) is 0 Å². The lowest BCUT2D eigenvalue weighted by molar-refractivity contribution is -0.137. The molecule has 0 radical (unpaired) electrons. The largest absolute Gasteiger partial charge is 0.481 e. The lowest BCUT2D eigenvalue weighted by Gasteiger charge is -2.20. The molecule has 0 rings (SSSR count). The molecule has 0 aliphatic carbocycles. The van der Waals surface area contributed by atoms with E-state index in [1.54, 1.807) is 12.3 Å². The number of hydrogen-bond donors (Lipinski definition) is 2. The Hall–Kier alpha value is -2.15. The first-order valence-corrected chi connectivity index (χ1v) is 10.3. The number of carboxylic acid groups (broad SMARTS) is 1. The van der Waals surface area contributed by atoms with Crippen LogP contribution in [0.1, 0.15) is 65.2 Å². The Bertz CT molecular complexity index is 543. The number of aliphatic hydroxyl groups excluding tert-OH is 1. The summed E-state index contributed by atoms with van der Waals surface area (Å²) in [4.78, 5) is 20.4. The van der Waals surface area contributed by atoms with Crippen LogP contribution in [0, 0.1) is 11.8 Å². The van der Waals surface area contributed by atoms with Crippen molar-refractivity contribution in [3.63, 3.8) is 0 Å². The number of carbonyl (C=O) groups is 1. The fourth-order valence-corrected chi connectivity index (χ4v) is 2.92. The predicted molar refractivity (Wildman–Crippen MR) is 117 cm³/mol. The van der Waals surface area contributed by atoms with Crippen LogP contribution in [0.15, 0.2) is 34.6 Å². The van der Waals surface area contributed by atoms with Crippen LogP contribution in [-0.4, -0.2) is 48.4 Å². The molecule has 0 aromatic heterocycles. The van der Waals surface area contributed by atoms with Crippen molar-refractivity contribution in [1.29, 1.82) is 0 Å². The van der Waals surface area contributed by atoms with Gasteiger partial charge in [0.05, 0.1) is 18.0 Å². The molecule has 7 heteroatoms. The standard InChI is InChI=1S/C22H38N2O5/c1-5-6-7-8-9-10-13-21(18(2)24-29-4)19(17-23-28-3)15-16-20(25)12-11-14-22(26)27/h9-10,15-17,19-21,25H,5-8,11-14H2,1-4H3,(H,26,27)/b10-9-,16-15+,23-17+,24-18+/t19-,20?,21?/m1/s1. The lowest BCUT2D eigenvalue weighted by Crippen LogP contribution is -2.22. The molecule has 0 bridgehead atoms. The molecule has 0 heterocycles. The third-order valence-corrected chi connectivity index (χ3v) is 4.55. The zero-order valence-electron chi connectivity index (χ0n) is 18.3. The molecular weight excluding hydrogens is 372 g/mol. The molecule has 0 aliphatic heterocycles. The number of rotatable bonds is 17. The van der Waals surface area contributed by atoms with Crippen LogP contribution in [0.4, 0.5) is 0 Å². The molecule has 2 unspecified atom stereocenters. The molecule has 0 amide bonds. The second-order valence-corrected chi connectivity index (χ2v) is 6.98. The van der Waals surface area contributed by atoms with E-state index in [2.05, 4.69) is 29.4 Å². The number of allylic oxidation sites excluding steroid dienone is 3. The van der Waals surface area contributed by atoms with Crippen LogP contribution in [-0.2, 0) is 14.5 Å². The number of oxime groups is 2. The Morgan fingerprint density at radius 1 is 1.10 bits per heavy atom. The van der Waals surface area contributed by atoms with Crippen molar-refractivity contribution in [2.45, 2.75) is 71.3 Å². The Morgan fingerprint density at radius 3 is 2.48 bits per heavy atom. The van der Waals surface area contributed by atoms with Crippen molar-refractivity contribution in [3.8, 4) is 0 Å². The number of aliphatic hydroxyl groups is 1. The SMILES string of the molecule is CCCCC/C=C\CC(/C(C)=N/OC)[C@H](/C=C/C(O)CCCC(=O)O)/C=N/OC. The third kappa shape index (κ3) is 14.5. The molecule has 29 heavy (non-hydrogen) atoms. The second-order valence-electron chi connectivity index (χ2n) is 6.98. The molecule has 2 N–H and O–H groups in total. The van der Waals surface area contributed by atoms with Crippen molar-refractivity contribution < 1.29 is 24.7 Å². The molecule has 7 nitrogen and oxygen atoms in total. The van der Waals surface area contributed by atoms with Gasteiger partial charge in [-0.1, -0.05) is 54.4 Å². The Balaban J connectivity index is 5.17. The minimum Gasteiger partial charge on any atom is -0.481 e. The highest BCUT2D eigenvalue weighted by molar-refractivity contribution is 5.87. The highest BCUT2D eigenvalue weighted by Gasteiger charge is 2.21. The molecule has 0 aliphatic rings. The van der Waals surface area contributed by atoms with E-state index in [1.165, 1.54) is 33.5 Å². The monoisotopic (exact) mass is 410 g/mol. The van der Waals surface area contributed by atoms with Crippen molar-refractivity contribution in [1.82, 2.24) is 0 Å². The van der Waals surface area contributed by atoms with E-state index in [9.17, 15) is 9.90 Å². The van der Waals surface area contributed by atoms with Gasteiger partial charge in [-0.2, -0.15) is 0 Å². The minimum absolute atomic E-state index is 0.00116. The van der Waals surface area contributed by atoms with E-state index >= 15 is 0 Å². The molecule has 166 valence electrons. The van der Waals surface area contributed by atoms with E-state index in [0.717, 1.165) is 18.6 Å². The average Bonchev–Trinajstić information content (AvgIpc) is 2.68. The summed E-state index contributed by atoms with van der Waals surface area (Å²) in [7, 11) is 3.00. The number of nitrogens with zero attached hydrogens (tertiary/aromatic N) is 2. The summed E-state index contributed by atoms with van der Waals surface area (Å²) in [5.41, 5.74) is 0.822. The Kier molecular flexibility index (Phi) is 16.6. The van der Waals surface area contributed by atoms with Gasteiger partial charge in [-0.3, -0.25) is 4.79 Å². The second kappa shape index (κ2) is 17.9. The normalized spacial score (nSPS) is 15.8. The summed E-state index contributed by atoms with van der Waals surface area (Å²) in [6.07, 6.45) is 15.2. The maximum atomic E-state index is 10.6. The third-order valence-electron chi connectivity index (χ3n) is 4.55. The van der Waals surface area contributed by atoms with Gasteiger partial charge >= 0.3 is 5.97 Å². The quantitative estimate of drug-likeness (QED) is 0.158. The van der Waals surface area contributed by atoms with E-state index < -0.39 is 12.1 Å². The van der Waals surface area contributed by atoms with Gasteiger partial charge in [-0.05, 0) is 39.0 Å². The van der Waals surface area contributed by atoms with Gasteiger partial charge in [0.1, 0.15) is 14.2 Å². The van der Waals surface area contributed by atoms with Gasteiger partial charge in [-0.25, -0.2) is 0 Å². The first kappa shape index (κ1) is 26.9. The van der Waals surface area contributed by atoms with Gasteiger partial charge in [0.2, 0.25) is 0 Å². The van der Waals surface area contributed by atoms with Gasteiger partial charge in [0, 0.05) is 18.3 Å². The van der Waals surface area contributed by atoms with Crippen LogP contribution in [0.3, 0.4) is 0 Å². The topological polar surface area (TPSA) is 101 Å². The summed E-state index contributed by atoms with van der Waals surface area (Å²) >= 11 is 0. The van der Waals surface area contributed by atoms with Crippen LogP contribution in [0.25, 0.3) is 0 Å². The van der Waals surface area contributed by atoms with E-state index in [1.807, 2.05) is 13.0 Å². The van der Waals surface area contributed by atoms with Crippen LogP contribution in [0.5, 0.6) is 0 Å². The van der Waals surface area contributed by atoms with Crippen LogP contribution in [0.2, 0.25) is 0 Å². The Morgan fingerprint density at radius 2 is 1.86 bits per heavy atom. The summed E-state index contributed by atoms with van der Waals surface area (Å²) in [6, 6.07) is 0. The highest BCUT2D eigenvalue weighted by Crippen LogP contribution is 2.21. The van der Waals surface area contributed by atoms with Crippen LogP contribution >= 0.6 is 0 Å². The molecule has 0 spiro atoms. The zero-order chi connectivity index (χ0) is 21.9. The minimum atomic E-state index is -0.858. The number of hydrogen-bond acceptors (Lipinski definition) is 6. The lowest BCUT2D eigenvalue weighted by atomic mass is 9.85. The Labute approximate surface area is 175 Å². The summed E-state index contributed by atoms with van der Waals surface area (Å²) in [5, 5.41) is 26.9. The van der Waals surface area contributed by atoms with Crippen molar-refractivity contribution >= 4 is 17.9 Å². The zero-order valence-corrected chi connectivity index (χ0v) is 18.3. The van der Waals surface area contributed by atoms with Gasteiger partial charge in [0.25, 0.3) is 0 Å². The van der Waals surface area contributed by atoms with Crippen molar-refractivity contribution in [2.75, 3.05) is 14.2 Å². The summed E-state index contributed by atoms with van der Waals surface area (Å²) in [5.74, 6) is -1.01. The number of unbranched alkanes of at least 4 members (excludes halogenated alkanes) is 3. The fourth-order valence-electron chi connectivity index (χ4n) is 2.92. The predicted octanol–water partition coefficient (Wildman–Crippen LogP) is 4.57. The molecular formula is C22H38N2O5. The molecule has 3 atom stereocenters. The maximum absolute atomic E-state index is 10.6. The van der Waals surface area contributed by atoms with Crippen molar-refractivity contribution in [2.24, 2.45) is 22.1 Å². The molecule has 0 fully saturated rings. The first-order chi connectivity index (χ1) is 14.0.